The Hall–Kier alpha value is -1.47. The Morgan fingerprint density at radius 3 is 2.52 bits per heavy atom. The van der Waals surface area contributed by atoms with Crippen molar-refractivity contribution in [3.8, 4) is 0 Å². The lowest BCUT2D eigenvalue weighted by atomic mass is 9.69. The van der Waals surface area contributed by atoms with E-state index < -0.39 is 26.2 Å². The largest absolute Gasteiger partial charge is 0.472 e. The van der Waals surface area contributed by atoms with Gasteiger partial charge in [0, 0.05) is 29.4 Å². The normalized spacial score (nSPS) is 28.2. The summed E-state index contributed by atoms with van der Waals surface area (Å²) in [5.41, 5.74) is 0.722. The van der Waals surface area contributed by atoms with E-state index in [1.807, 2.05) is 0 Å². The van der Waals surface area contributed by atoms with Crippen LogP contribution in [0.4, 0.5) is 0 Å². The van der Waals surface area contributed by atoms with Crippen molar-refractivity contribution in [1.82, 2.24) is 0 Å². The molecule has 0 unspecified atom stereocenters. The van der Waals surface area contributed by atoms with Gasteiger partial charge in [-0.05, 0) is 24.2 Å². The maximum atomic E-state index is 12.5. The van der Waals surface area contributed by atoms with E-state index in [1.165, 1.54) is 12.5 Å². The monoisotopic (exact) mass is 367 g/mol. The summed E-state index contributed by atoms with van der Waals surface area (Å²) in [4.78, 5) is 24.1. The lowest BCUT2D eigenvalue weighted by Crippen LogP contribution is -2.50. The maximum Gasteiger partial charge on any atom is 0.226 e. The van der Waals surface area contributed by atoms with Crippen LogP contribution in [-0.2, 0) is 9.22 Å². The number of rotatable bonds is 5. The molecule has 140 valence electrons. The van der Waals surface area contributed by atoms with Gasteiger partial charge in [-0.3, -0.25) is 14.9 Å². The van der Waals surface area contributed by atoms with Gasteiger partial charge >= 0.3 is 0 Å². The lowest BCUT2D eigenvalue weighted by molar-refractivity contribution is -0.540. The minimum atomic E-state index is -2.05. The highest BCUT2D eigenvalue weighted by atomic mass is 28.4. The first-order valence-corrected chi connectivity index (χ1v) is 11.7. The summed E-state index contributed by atoms with van der Waals surface area (Å²) in [6.45, 7) is 12.7. The first-order valence-electron chi connectivity index (χ1n) is 8.78. The molecule has 0 aliphatic heterocycles. The third-order valence-corrected chi connectivity index (χ3v) is 10.6. The SMILES string of the molecule is C[C@H]1C(=O)C[C@H](c2ccoc2)[C@@H]([N+](=O)[O-])[C@H]1CO[Si](C)(C)C(C)(C)C. The molecule has 1 aliphatic carbocycles. The number of nitro groups is 1. The van der Waals surface area contributed by atoms with Crippen molar-refractivity contribution in [2.45, 2.75) is 64.2 Å². The highest BCUT2D eigenvalue weighted by Crippen LogP contribution is 2.42. The molecule has 4 atom stereocenters. The van der Waals surface area contributed by atoms with Crippen LogP contribution < -0.4 is 0 Å². The second-order valence-corrected chi connectivity index (χ2v) is 13.4. The third kappa shape index (κ3) is 4.03. The molecule has 1 fully saturated rings. The van der Waals surface area contributed by atoms with Crippen molar-refractivity contribution >= 4 is 14.1 Å². The second kappa shape index (κ2) is 7.03. The Morgan fingerprint density at radius 2 is 2.04 bits per heavy atom. The van der Waals surface area contributed by atoms with Crippen LogP contribution in [0, 0.1) is 22.0 Å². The Morgan fingerprint density at radius 1 is 1.40 bits per heavy atom. The molecule has 0 aromatic carbocycles. The zero-order valence-corrected chi connectivity index (χ0v) is 16.9. The molecule has 1 heterocycles. The van der Waals surface area contributed by atoms with Crippen molar-refractivity contribution < 1.29 is 18.6 Å². The van der Waals surface area contributed by atoms with Gasteiger partial charge in [0.25, 0.3) is 0 Å². The number of nitrogens with zero attached hydrogens (tertiary/aromatic N) is 1. The summed E-state index contributed by atoms with van der Waals surface area (Å²) in [6, 6.07) is 0.881. The van der Waals surface area contributed by atoms with Gasteiger partial charge in [-0.1, -0.05) is 27.7 Å². The minimum Gasteiger partial charge on any atom is -0.472 e. The van der Waals surface area contributed by atoms with Crippen molar-refractivity contribution in [2.75, 3.05) is 6.61 Å². The Labute approximate surface area is 150 Å². The fourth-order valence-electron chi connectivity index (χ4n) is 3.22. The average molecular weight is 368 g/mol. The molecular formula is C18H29NO5Si. The van der Waals surface area contributed by atoms with Crippen molar-refractivity contribution in [1.29, 1.82) is 0 Å². The summed E-state index contributed by atoms with van der Waals surface area (Å²) < 4.78 is 11.4. The van der Waals surface area contributed by atoms with E-state index in [-0.39, 0.29) is 34.7 Å². The first-order chi connectivity index (χ1) is 11.5. The zero-order chi connectivity index (χ0) is 19.0. The fraction of sp³-hybridized carbons (Fsp3) is 0.722. The van der Waals surface area contributed by atoms with Gasteiger partial charge in [-0.15, -0.1) is 0 Å². The smallest absolute Gasteiger partial charge is 0.226 e. The first kappa shape index (κ1) is 19.8. The molecule has 0 bridgehead atoms. The van der Waals surface area contributed by atoms with E-state index >= 15 is 0 Å². The zero-order valence-electron chi connectivity index (χ0n) is 15.9. The summed E-state index contributed by atoms with van der Waals surface area (Å²) in [5, 5.41) is 11.9. The van der Waals surface area contributed by atoms with Crippen LogP contribution >= 0.6 is 0 Å². The molecule has 7 heteroatoms. The highest BCUT2D eigenvalue weighted by Gasteiger charge is 2.51. The molecule has 2 rings (SSSR count). The van der Waals surface area contributed by atoms with Crippen LogP contribution in [0.1, 0.15) is 45.6 Å². The van der Waals surface area contributed by atoms with Crippen LogP contribution in [0.15, 0.2) is 23.0 Å². The Kier molecular flexibility index (Phi) is 5.58. The molecule has 1 aliphatic rings. The van der Waals surface area contributed by atoms with E-state index in [9.17, 15) is 14.9 Å². The lowest BCUT2D eigenvalue weighted by Gasteiger charge is -2.40. The quantitative estimate of drug-likeness (QED) is 0.441. The molecule has 1 saturated carbocycles. The Balaban J connectivity index is 2.28. The van der Waals surface area contributed by atoms with E-state index in [1.54, 1.807) is 13.0 Å². The predicted octanol–water partition coefficient (Wildman–Crippen LogP) is 4.26. The molecule has 25 heavy (non-hydrogen) atoms. The van der Waals surface area contributed by atoms with Gasteiger partial charge in [-0.2, -0.15) is 0 Å². The summed E-state index contributed by atoms with van der Waals surface area (Å²) >= 11 is 0. The molecule has 6 nitrogen and oxygen atoms in total. The standard InChI is InChI=1S/C18H29NO5Si/c1-12-15(11-24-25(5,6)18(2,3)4)17(19(21)22)14(9-16(12)20)13-7-8-23-10-13/h7-8,10,12,14-15,17H,9,11H2,1-6H3/t12-,14-,15+,17-/m1/s1. The number of hydrogen-bond donors (Lipinski definition) is 0. The van der Waals surface area contributed by atoms with Gasteiger partial charge in [-0.25, -0.2) is 0 Å². The molecule has 1 aromatic heterocycles. The molecular weight excluding hydrogens is 338 g/mol. The summed E-state index contributed by atoms with van der Waals surface area (Å²) in [6.07, 6.45) is 3.19. The second-order valence-electron chi connectivity index (χ2n) is 8.63. The van der Waals surface area contributed by atoms with E-state index in [0.29, 0.717) is 0 Å². The number of carbonyl (C=O) groups is 1. The molecule has 0 saturated heterocycles. The van der Waals surface area contributed by atoms with Gasteiger partial charge in [0.05, 0.1) is 24.4 Å². The number of hydrogen-bond acceptors (Lipinski definition) is 5. The highest BCUT2D eigenvalue weighted by molar-refractivity contribution is 6.74. The molecule has 0 radical (unpaired) electrons. The van der Waals surface area contributed by atoms with Crippen LogP contribution in [-0.4, -0.2) is 31.7 Å². The summed E-state index contributed by atoms with van der Waals surface area (Å²) in [5.74, 6) is -1.19. The fourth-order valence-corrected chi connectivity index (χ4v) is 4.27. The Bertz CT molecular complexity index is 620. The van der Waals surface area contributed by atoms with Crippen LogP contribution in [0.2, 0.25) is 18.1 Å². The van der Waals surface area contributed by atoms with Gasteiger partial charge in [0.2, 0.25) is 6.04 Å². The third-order valence-electron chi connectivity index (χ3n) is 6.08. The van der Waals surface area contributed by atoms with Crippen LogP contribution in [0.5, 0.6) is 0 Å². The predicted molar refractivity (Wildman–Crippen MR) is 97.7 cm³/mol. The van der Waals surface area contributed by atoms with Crippen LogP contribution in [0.25, 0.3) is 0 Å². The number of furan rings is 1. The maximum absolute atomic E-state index is 12.5. The topological polar surface area (TPSA) is 82.6 Å². The molecule has 0 spiro atoms. The number of ketones is 1. The molecule has 0 amide bonds. The van der Waals surface area contributed by atoms with E-state index in [0.717, 1.165) is 5.56 Å². The summed E-state index contributed by atoms with van der Waals surface area (Å²) in [7, 11) is -2.05. The van der Waals surface area contributed by atoms with E-state index in [4.69, 9.17) is 8.84 Å². The number of Topliss-reactive ketones (excluding diaryl/α,β-unsaturated/α-hetero) is 1. The van der Waals surface area contributed by atoms with Gasteiger partial charge in [0.15, 0.2) is 8.32 Å². The van der Waals surface area contributed by atoms with Crippen molar-refractivity contribution in [2.24, 2.45) is 11.8 Å². The van der Waals surface area contributed by atoms with E-state index in [2.05, 4.69) is 33.9 Å². The van der Waals surface area contributed by atoms with Crippen molar-refractivity contribution in [3.05, 3.63) is 34.3 Å². The number of carbonyl (C=O) groups excluding carboxylic acids is 1. The molecule has 0 N–H and O–H groups in total. The average Bonchev–Trinajstić information content (AvgIpc) is 3.00. The van der Waals surface area contributed by atoms with Gasteiger partial charge in [0.1, 0.15) is 5.78 Å². The minimum absolute atomic E-state index is 0.0169. The van der Waals surface area contributed by atoms with Gasteiger partial charge < -0.3 is 8.84 Å². The van der Waals surface area contributed by atoms with Crippen molar-refractivity contribution in [3.63, 3.8) is 0 Å². The molecule has 1 aromatic rings. The van der Waals surface area contributed by atoms with Crippen LogP contribution in [0.3, 0.4) is 0 Å².